The van der Waals surface area contributed by atoms with E-state index in [0.717, 1.165) is 11.3 Å². The summed E-state index contributed by atoms with van der Waals surface area (Å²) >= 11 is 0. The number of nitrogens with zero attached hydrogens (tertiary/aromatic N) is 2. The van der Waals surface area contributed by atoms with Crippen molar-refractivity contribution in [3.05, 3.63) is 17.0 Å². The molecule has 1 saturated carbocycles. The summed E-state index contributed by atoms with van der Waals surface area (Å²) in [4.78, 5) is 24.6. The van der Waals surface area contributed by atoms with Gasteiger partial charge in [0, 0.05) is 12.6 Å². The minimum Gasteiger partial charge on any atom is -0.480 e. The van der Waals surface area contributed by atoms with Gasteiger partial charge in [-0.15, -0.1) is 0 Å². The third-order valence-corrected chi connectivity index (χ3v) is 3.49. The Labute approximate surface area is 105 Å². The van der Waals surface area contributed by atoms with Crippen LogP contribution in [0.25, 0.3) is 0 Å². The standard InChI is InChI=1S/C12H16N2O4/c1-7-9(8(2)18-13-7)6-14(3)10(15)12(4-5-12)11(16)17/h4-6H2,1-3H3,(H,16,17). The van der Waals surface area contributed by atoms with Crippen LogP contribution in [0.4, 0.5) is 0 Å². The summed E-state index contributed by atoms with van der Waals surface area (Å²) in [6.45, 7) is 3.90. The van der Waals surface area contributed by atoms with Gasteiger partial charge in [-0.25, -0.2) is 0 Å². The first-order chi connectivity index (χ1) is 8.38. The molecule has 0 atom stereocenters. The molecule has 1 fully saturated rings. The van der Waals surface area contributed by atoms with Crippen LogP contribution in [-0.2, 0) is 16.1 Å². The maximum Gasteiger partial charge on any atom is 0.319 e. The predicted octanol–water partition coefficient (Wildman–Crippen LogP) is 1.11. The maximum absolute atomic E-state index is 12.1. The van der Waals surface area contributed by atoms with Crippen LogP contribution in [0.15, 0.2) is 4.52 Å². The van der Waals surface area contributed by atoms with E-state index in [1.165, 1.54) is 4.90 Å². The van der Waals surface area contributed by atoms with Crippen molar-refractivity contribution in [3.8, 4) is 0 Å². The second-order valence-electron chi connectivity index (χ2n) is 4.85. The number of aryl methyl sites for hydroxylation is 2. The highest BCUT2D eigenvalue weighted by atomic mass is 16.5. The Morgan fingerprint density at radius 3 is 2.44 bits per heavy atom. The number of amides is 1. The van der Waals surface area contributed by atoms with Crippen LogP contribution in [0.2, 0.25) is 0 Å². The molecule has 0 saturated heterocycles. The predicted molar refractivity (Wildman–Crippen MR) is 61.8 cm³/mol. The second-order valence-corrected chi connectivity index (χ2v) is 4.85. The van der Waals surface area contributed by atoms with E-state index in [0.29, 0.717) is 25.1 Å². The van der Waals surface area contributed by atoms with E-state index >= 15 is 0 Å². The fourth-order valence-corrected chi connectivity index (χ4v) is 2.05. The molecule has 1 aliphatic carbocycles. The minimum atomic E-state index is -1.19. The number of aliphatic carboxylic acids is 1. The molecule has 18 heavy (non-hydrogen) atoms. The normalized spacial score (nSPS) is 16.4. The molecule has 0 radical (unpaired) electrons. The lowest BCUT2D eigenvalue weighted by Crippen LogP contribution is -2.38. The number of carbonyl (C=O) groups excluding carboxylic acids is 1. The van der Waals surface area contributed by atoms with Crippen molar-refractivity contribution in [2.75, 3.05) is 7.05 Å². The average Bonchev–Trinajstić information content (AvgIpc) is 3.07. The van der Waals surface area contributed by atoms with Crippen LogP contribution in [0, 0.1) is 19.3 Å². The molecule has 0 spiro atoms. The van der Waals surface area contributed by atoms with Gasteiger partial charge in [0.1, 0.15) is 11.2 Å². The zero-order valence-corrected chi connectivity index (χ0v) is 10.7. The molecule has 1 N–H and O–H groups in total. The highest BCUT2D eigenvalue weighted by Crippen LogP contribution is 2.47. The van der Waals surface area contributed by atoms with Gasteiger partial charge in [0.05, 0.1) is 12.2 Å². The van der Waals surface area contributed by atoms with E-state index in [1.807, 2.05) is 0 Å². The molecule has 6 heteroatoms. The van der Waals surface area contributed by atoms with E-state index in [-0.39, 0.29) is 5.91 Å². The molecule has 1 amide bonds. The molecule has 98 valence electrons. The van der Waals surface area contributed by atoms with Gasteiger partial charge < -0.3 is 14.5 Å². The maximum atomic E-state index is 12.1. The fourth-order valence-electron chi connectivity index (χ4n) is 2.05. The number of carbonyl (C=O) groups is 2. The summed E-state index contributed by atoms with van der Waals surface area (Å²) < 4.78 is 5.02. The van der Waals surface area contributed by atoms with E-state index in [1.54, 1.807) is 20.9 Å². The number of aromatic nitrogens is 1. The van der Waals surface area contributed by atoms with Crippen LogP contribution in [-0.4, -0.2) is 34.1 Å². The first kappa shape index (κ1) is 12.6. The highest BCUT2D eigenvalue weighted by molar-refractivity contribution is 6.04. The van der Waals surface area contributed by atoms with Crippen molar-refractivity contribution in [2.45, 2.75) is 33.2 Å². The Balaban J connectivity index is 2.12. The molecule has 0 aliphatic heterocycles. The zero-order chi connectivity index (χ0) is 13.5. The van der Waals surface area contributed by atoms with E-state index in [2.05, 4.69) is 5.16 Å². The van der Waals surface area contributed by atoms with Crippen LogP contribution >= 0.6 is 0 Å². The summed E-state index contributed by atoms with van der Waals surface area (Å²) in [7, 11) is 1.61. The molecule has 1 aromatic heterocycles. The van der Waals surface area contributed by atoms with Crippen molar-refractivity contribution in [2.24, 2.45) is 5.41 Å². The molecule has 1 aromatic rings. The van der Waals surface area contributed by atoms with Crippen molar-refractivity contribution in [3.63, 3.8) is 0 Å². The Bertz CT molecular complexity index is 483. The summed E-state index contributed by atoms with van der Waals surface area (Å²) in [5.74, 6) is -0.708. The number of hydrogen-bond acceptors (Lipinski definition) is 4. The molecule has 1 aliphatic rings. The molecule has 1 heterocycles. The molecular formula is C12H16N2O4. The van der Waals surface area contributed by atoms with Gasteiger partial charge in [-0.05, 0) is 26.7 Å². The molecule has 6 nitrogen and oxygen atoms in total. The van der Waals surface area contributed by atoms with Crippen molar-refractivity contribution in [1.82, 2.24) is 10.1 Å². The Morgan fingerprint density at radius 1 is 1.44 bits per heavy atom. The average molecular weight is 252 g/mol. The first-order valence-electron chi connectivity index (χ1n) is 5.79. The molecule has 0 aromatic carbocycles. The smallest absolute Gasteiger partial charge is 0.319 e. The van der Waals surface area contributed by atoms with E-state index < -0.39 is 11.4 Å². The molecule has 0 unspecified atom stereocenters. The van der Waals surface area contributed by atoms with Gasteiger partial charge in [0.25, 0.3) is 0 Å². The number of carboxylic acids is 1. The van der Waals surface area contributed by atoms with E-state index in [4.69, 9.17) is 9.63 Å². The lowest BCUT2D eigenvalue weighted by Gasteiger charge is -2.20. The summed E-state index contributed by atoms with van der Waals surface area (Å²) in [6.07, 6.45) is 0.847. The molecule has 2 rings (SSSR count). The zero-order valence-electron chi connectivity index (χ0n) is 10.7. The fraction of sp³-hybridized carbons (Fsp3) is 0.583. The van der Waals surface area contributed by atoms with Gasteiger partial charge in [0.2, 0.25) is 5.91 Å². The van der Waals surface area contributed by atoms with Crippen LogP contribution in [0.1, 0.15) is 29.9 Å². The monoisotopic (exact) mass is 252 g/mol. The third kappa shape index (κ3) is 1.87. The van der Waals surface area contributed by atoms with Crippen LogP contribution in [0.5, 0.6) is 0 Å². The van der Waals surface area contributed by atoms with Crippen LogP contribution in [0.3, 0.4) is 0 Å². The molecular weight excluding hydrogens is 236 g/mol. The largest absolute Gasteiger partial charge is 0.480 e. The Hall–Kier alpha value is -1.85. The SMILES string of the molecule is Cc1noc(C)c1CN(C)C(=O)C1(C(=O)O)CC1. The topological polar surface area (TPSA) is 83.6 Å². The third-order valence-electron chi connectivity index (χ3n) is 3.49. The molecule has 0 bridgehead atoms. The minimum absolute atomic E-state index is 0.328. The second kappa shape index (κ2) is 4.12. The van der Waals surface area contributed by atoms with Gasteiger partial charge in [-0.1, -0.05) is 5.16 Å². The van der Waals surface area contributed by atoms with Gasteiger partial charge >= 0.3 is 5.97 Å². The summed E-state index contributed by atoms with van der Waals surface area (Å²) in [5.41, 5.74) is 0.382. The number of carboxylic acid groups (broad SMARTS) is 1. The number of hydrogen-bond donors (Lipinski definition) is 1. The van der Waals surface area contributed by atoms with Gasteiger partial charge in [-0.3, -0.25) is 9.59 Å². The van der Waals surface area contributed by atoms with E-state index in [9.17, 15) is 9.59 Å². The van der Waals surface area contributed by atoms with Crippen molar-refractivity contribution in [1.29, 1.82) is 0 Å². The highest BCUT2D eigenvalue weighted by Gasteiger charge is 2.58. The van der Waals surface area contributed by atoms with Gasteiger partial charge in [0.15, 0.2) is 0 Å². The van der Waals surface area contributed by atoms with Crippen molar-refractivity contribution >= 4 is 11.9 Å². The first-order valence-corrected chi connectivity index (χ1v) is 5.79. The lowest BCUT2D eigenvalue weighted by atomic mass is 10.1. The van der Waals surface area contributed by atoms with Crippen molar-refractivity contribution < 1.29 is 19.2 Å². The quantitative estimate of drug-likeness (QED) is 0.812. The summed E-state index contributed by atoms with van der Waals surface area (Å²) in [5, 5.41) is 12.9. The lowest BCUT2D eigenvalue weighted by molar-refractivity contribution is -0.153. The number of rotatable bonds is 4. The Morgan fingerprint density at radius 2 is 2.06 bits per heavy atom. The van der Waals surface area contributed by atoms with Gasteiger partial charge in [-0.2, -0.15) is 0 Å². The van der Waals surface area contributed by atoms with Crippen LogP contribution < -0.4 is 0 Å². The Kier molecular flexibility index (Phi) is 2.88. The summed E-state index contributed by atoms with van der Waals surface area (Å²) in [6, 6.07) is 0.